The van der Waals surface area contributed by atoms with Gasteiger partial charge >= 0.3 is 6.09 Å². The first kappa shape index (κ1) is 32.2. The summed E-state index contributed by atoms with van der Waals surface area (Å²) in [6.45, 7) is 1.78. The fourth-order valence-corrected chi connectivity index (χ4v) is 6.39. The summed E-state index contributed by atoms with van der Waals surface area (Å²) >= 11 is 6.59. The third-order valence-corrected chi connectivity index (χ3v) is 9.28. The Hall–Kier alpha value is -3.17. The van der Waals surface area contributed by atoms with Gasteiger partial charge < -0.3 is 20.7 Å². The molecule has 0 aliphatic heterocycles. The number of nitrogens with zero attached hydrogens (tertiary/aromatic N) is 5. The van der Waals surface area contributed by atoms with Gasteiger partial charge in [-0.05, 0) is 75.8 Å². The zero-order valence-corrected chi connectivity index (χ0v) is 26.9. The largest absolute Gasteiger partial charge is 0.445 e. The van der Waals surface area contributed by atoms with E-state index in [1.165, 1.54) is 37.8 Å². The lowest BCUT2D eigenvalue weighted by Crippen LogP contribution is -2.44. The van der Waals surface area contributed by atoms with Gasteiger partial charge in [-0.25, -0.2) is 14.8 Å². The summed E-state index contributed by atoms with van der Waals surface area (Å²) in [5.74, 6) is 1.32. The standard InChI is InChI=1S/C34H48ClN7O2/c1-41-31(21-25-13-14-25)29(22-38-41)32-30(35)23-37-33(40-32)39-27-15-17-28(18-16-27)42(20-10-5-3-2-4-9-19-36)34(43)44-24-26-11-7-6-8-12-26/h6-8,11-12,22-23,25,27-28H,2-5,9-10,13-21,24,36H2,1H3,(H,37,39,40). The van der Waals surface area contributed by atoms with Gasteiger partial charge in [-0.15, -0.1) is 0 Å². The van der Waals surface area contributed by atoms with Crippen molar-refractivity contribution in [1.82, 2.24) is 24.6 Å². The van der Waals surface area contributed by atoms with E-state index >= 15 is 0 Å². The molecular formula is C34H48ClN7O2. The van der Waals surface area contributed by atoms with Crippen LogP contribution in [0.5, 0.6) is 0 Å². The number of benzene rings is 1. The fourth-order valence-electron chi connectivity index (χ4n) is 6.20. The number of carbonyl (C=O) groups excluding carboxylic acids is 1. The molecule has 0 bridgehead atoms. The number of ether oxygens (including phenoxy) is 1. The average Bonchev–Trinajstić information content (AvgIpc) is 3.80. The van der Waals surface area contributed by atoms with Crippen LogP contribution in [0.4, 0.5) is 10.7 Å². The summed E-state index contributed by atoms with van der Waals surface area (Å²) in [6.07, 6.45) is 17.3. The van der Waals surface area contributed by atoms with E-state index in [9.17, 15) is 4.79 Å². The molecule has 0 radical (unpaired) electrons. The number of hydrogen-bond acceptors (Lipinski definition) is 7. The molecule has 2 saturated carbocycles. The normalized spacial score (nSPS) is 18.2. The summed E-state index contributed by atoms with van der Waals surface area (Å²) in [6, 6.07) is 10.3. The zero-order chi connectivity index (χ0) is 30.7. The number of aryl methyl sites for hydroxylation is 1. The number of amides is 1. The highest BCUT2D eigenvalue weighted by Crippen LogP contribution is 2.37. The highest BCUT2D eigenvalue weighted by atomic mass is 35.5. The Kier molecular flexibility index (Phi) is 11.9. The minimum absolute atomic E-state index is 0.163. The molecule has 2 aromatic heterocycles. The first-order valence-corrected chi connectivity index (χ1v) is 16.9. The van der Waals surface area contributed by atoms with Crippen LogP contribution in [0.1, 0.15) is 88.3 Å². The van der Waals surface area contributed by atoms with Gasteiger partial charge in [0.05, 0.1) is 23.1 Å². The van der Waals surface area contributed by atoms with Crippen molar-refractivity contribution in [3.8, 4) is 11.3 Å². The van der Waals surface area contributed by atoms with Crippen LogP contribution < -0.4 is 11.1 Å². The summed E-state index contributed by atoms with van der Waals surface area (Å²) in [5.41, 5.74) is 9.53. The first-order chi connectivity index (χ1) is 21.5. The molecule has 2 aliphatic carbocycles. The van der Waals surface area contributed by atoms with E-state index in [1.54, 1.807) is 6.20 Å². The van der Waals surface area contributed by atoms with Gasteiger partial charge in [0, 0.05) is 36.9 Å². The highest BCUT2D eigenvalue weighted by molar-refractivity contribution is 6.33. The number of unbranched alkanes of at least 4 members (excludes halogenated alkanes) is 5. The molecule has 0 spiro atoms. The topological polar surface area (TPSA) is 111 Å². The van der Waals surface area contributed by atoms with E-state index in [0.717, 1.165) is 87.2 Å². The fraction of sp³-hybridized carbons (Fsp3) is 0.588. The van der Waals surface area contributed by atoms with Crippen molar-refractivity contribution in [3.05, 3.63) is 59.0 Å². The number of anilines is 1. The number of nitrogens with two attached hydrogens (primary N) is 1. The number of nitrogens with one attached hydrogen (secondary N) is 1. The second kappa shape index (κ2) is 16.2. The van der Waals surface area contributed by atoms with E-state index in [-0.39, 0.29) is 18.2 Å². The minimum atomic E-state index is -0.211. The molecule has 44 heavy (non-hydrogen) atoms. The molecule has 2 heterocycles. The van der Waals surface area contributed by atoms with Crippen molar-refractivity contribution in [2.24, 2.45) is 18.7 Å². The summed E-state index contributed by atoms with van der Waals surface area (Å²) in [5, 5.41) is 8.60. The molecule has 2 aliphatic rings. The molecule has 10 heteroatoms. The van der Waals surface area contributed by atoms with Crippen LogP contribution in [-0.4, -0.2) is 55.9 Å². The quantitative estimate of drug-likeness (QED) is 0.163. The van der Waals surface area contributed by atoms with Crippen LogP contribution in [-0.2, 0) is 24.8 Å². The highest BCUT2D eigenvalue weighted by Gasteiger charge is 2.30. The number of hydrogen-bond donors (Lipinski definition) is 2. The average molecular weight is 622 g/mol. The van der Waals surface area contributed by atoms with Gasteiger partial charge in [0.25, 0.3) is 0 Å². The van der Waals surface area contributed by atoms with Crippen molar-refractivity contribution in [1.29, 1.82) is 0 Å². The third kappa shape index (κ3) is 9.17. The summed E-state index contributed by atoms with van der Waals surface area (Å²) < 4.78 is 7.74. The molecule has 238 valence electrons. The molecule has 0 atom stereocenters. The van der Waals surface area contributed by atoms with Crippen molar-refractivity contribution in [3.63, 3.8) is 0 Å². The lowest BCUT2D eigenvalue weighted by Gasteiger charge is -2.36. The smallest absolute Gasteiger partial charge is 0.410 e. The molecule has 9 nitrogen and oxygen atoms in total. The molecule has 3 N–H and O–H groups in total. The molecule has 5 rings (SSSR count). The maximum Gasteiger partial charge on any atom is 0.410 e. The summed E-state index contributed by atoms with van der Waals surface area (Å²) in [4.78, 5) is 24.7. The SMILES string of the molecule is Cn1ncc(-c2nc(NC3CCC(N(CCCCCCCCN)C(=O)OCc4ccccc4)CC3)ncc2Cl)c1CC1CC1. The maximum absolute atomic E-state index is 13.3. The van der Waals surface area contributed by atoms with Crippen LogP contribution in [0.15, 0.2) is 42.7 Å². The Bertz CT molecular complexity index is 1320. The van der Waals surface area contributed by atoms with E-state index < -0.39 is 0 Å². The summed E-state index contributed by atoms with van der Waals surface area (Å²) in [7, 11) is 1.98. The van der Waals surface area contributed by atoms with Crippen LogP contribution in [0.25, 0.3) is 11.3 Å². The van der Waals surface area contributed by atoms with E-state index in [1.807, 2.05) is 53.2 Å². The van der Waals surface area contributed by atoms with Crippen LogP contribution in [0.3, 0.4) is 0 Å². The molecule has 1 amide bonds. The second-order valence-electron chi connectivity index (χ2n) is 12.5. The Morgan fingerprint density at radius 2 is 1.75 bits per heavy atom. The Balaban J connectivity index is 1.17. The van der Waals surface area contributed by atoms with Crippen molar-refractivity contribution in [2.75, 3.05) is 18.4 Å². The maximum atomic E-state index is 13.3. The van der Waals surface area contributed by atoms with Gasteiger partial charge in [-0.2, -0.15) is 5.10 Å². The molecule has 2 fully saturated rings. The Morgan fingerprint density at radius 3 is 2.48 bits per heavy atom. The predicted octanol–water partition coefficient (Wildman–Crippen LogP) is 7.14. The van der Waals surface area contributed by atoms with Crippen molar-refractivity contribution < 1.29 is 9.53 Å². The van der Waals surface area contributed by atoms with Crippen LogP contribution in [0.2, 0.25) is 5.02 Å². The minimum Gasteiger partial charge on any atom is -0.445 e. The van der Waals surface area contributed by atoms with Gasteiger partial charge in [0.15, 0.2) is 0 Å². The molecule has 0 unspecified atom stereocenters. The van der Waals surface area contributed by atoms with Crippen molar-refractivity contribution in [2.45, 2.75) is 102 Å². The van der Waals surface area contributed by atoms with Gasteiger partial charge in [-0.3, -0.25) is 4.68 Å². The van der Waals surface area contributed by atoms with Crippen molar-refractivity contribution >= 4 is 23.6 Å². The molecule has 0 saturated heterocycles. The molecular weight excluding hydrogens is 574 g/mol. The lowest BCUT2D eigenvalue weighted by atomic mass is 9.90. The third-order valence-electron chi connectivity index (χ3n) is 9.00. The van der Waals surface area contributed by atoms with Crippen LogP contribution >= 0.6 is 11.6 Å². The van der Waals surface area contributed by atoms with E-state index in [4.69, 9.17) is 27.1 Å². The van der Waals surface area contributed by atoms with Gasteiger partial charge in [-0.1, -0.05) is 67.6 Å². The number of rotatable bonds is 16. The molecule has 3 aromatic rings. The molecule has 1 aromatic carbocycles. The van der Waals surface area contributed by atoms with Crippen LogP contribution in [0, 0.1) is 5.92 Å². The lowest BCUT2D eigenvalue weighted by molar-refractivity contribution is 0.0700. The second-order valence-corrected chi connectivity index (χ2v) is 12.9. The Morgan fingerprint density at radius 1 is 1.02 bits per heavy atom. The van der Waals surface area contributed by atoms with E-state index in [0.29, 0.717) is 17.6 Å². The Labute approximate surface area is 266 Å². The first-order valence-electron chi connectivity index (χ1n) is 16.5. The monoisotopic (exact) mass is 621 g/mol. The van der Waals surface area contributed by atoms with Gasteiger partial charge in [0.1, 0.15) is 6.61 Å². The zero-order valence-electron chi connectivity index (χ0n) is 26.1. The number of carbonyl (C=O) groups is 1. The van der Waals surface area contributed by atoms with E-state index in [2.05, 4.69) is 15.4 Å². The number of aromatic nitrogens is 4. The predicted molar refractivity (Wildman–Crippen MR) is 175 cm³/mol. The number of halogens is 1. The van der Waals surface area contributed by atoms with Gasteiger partial charge in [0.2, 0.25) is 5.95 Å².